The Hall–Kier alpha value is -1.78. The molecule has 1 saturated heterocycles. The molecule has 1 heterocycles. The summed E-state index contributed by atoms with van der Waals surface area (Å²) in [6, 6.07) is 5.99. The second kappa shape index (κ2) is 7.12. The number of hydrogen-bond donors (Lipinski definition) is 1. The van der Waals surface area contributed by atoms with Gasteiger partial charge in [0.05, 0.1) is 6.54 Å². The Bertz CT molecular complexity index is 441. The Morgan fingerprint density at radius 1 is 1.30 bits per heavy atom. The van der Waals surface area contributed by atoms with E-state index in [1.807, 2.05) is 6.92 Å². The van der Waals surface area contributed by atoms with Crippen LogP contribution in [0, 0.1) is 5.82 Å². The molecule has 2 N–H and O–H groups in total. The van der Waals surface area contributed by atoms with Crippen molar-refractivity contribution in [2.45, 2.75) is 32.3 Å². The topological polar surface area (TPSA) is 50.8 Å². The smallest absolute Gasteiger partial charge is 0.191 e. The Balaban J connectivity index is 1.81. The molecule has 0 amide bonds. The summed E-state index contributed by atoms with van der Waals surface area (Å²) >= 11 is 0. The summed E-state index contributed by atoms with van der Waals surface area (Å²) in [6.45, 7) is 4.40. The first-order valence-electron chi connectivity index (χ1n) is 7.12. The van der Waals surface area contributed by atoms with E-state index in [2.05, 4.69) is 9.89 Å². The highest BCUT2D eigenvalue weighted by Gasteiger charge is 2.12. The maximum atomic E-state index is 12.8. The first-order chi connectivity index (χ1) is 9.65. The third-order valence-electron chi connectivity index (χ3n) is 3.34. The number of nitrogens with two attached hydrogens (primary N) is 1. The van der Waals surface area contributed by atoms with Gasteiger partial charge in [-0.05, 0) is 50.5 Å². The van der Waals surface area contributed by atoms with E-state index >= 15 is 0 Å². The standard InChI is InChI=1S/C15H22FN3O/c1-12(20-14-7-5-13(16)6-8-14)11-18-15(17)19-9-3-2-4-10-19/h5-8,12H,2-4,9-11H2,1H3,(H2,17,18). The normalized spacial score (nSPS) is 17.9. The van der Waals surface area contributed by atoms with Crippen molar-refractivity contribution < 1.29 is 9.13 Å². The first kappa shape index (κ1) is 14.6. The van der Waals surface area contributed by atoms with Gasteiger partial charge in [-0.15, -0.1) is 0 Å². The summed E-state index contributed by atoms with van der Waals surface area (Å²) in [4.78, 5) is 6.50. The summed E-state index contributed by atoms with van der Waals surface area (Å²) in [7, 11) is 0. The lowest BCUT2D eigenvalue weighted by Crippen LogP contribution is -2.41. The highest BCUT2D eigenvalue weighted by Crippen LogP contribution is 2.13. The zero-order valence-electron chi connectivity index (χ0n) is 11.9. The third-order valence-corrected chi connectivity index (χ3v) is 3.34. The molecule has 1 aromatic carbocycles. The predicted molar refractivity (Wildman–Crippen MR) is 78.4 cm³/mol. The molecule has 1 aromatic rings. The van der Waals surface area contributed by atoms with Crippen molar-refractivity contribution in [2.75, 3.05) is 19.6 Å². The largest absolute Gasteiger partial charge is 0.489 e. The number of likely N-dealkylation sites (tertiary alicyclic amines) is 1. The molecule has 5 heteroatoms. The van der Waals surface area contributed by atoms with Gasteiger partial charge in [0.1, 0.15) is 17.7 Å². The van der Waals surface area contributed by atoms with E-state index in [1.54, 1.807) is 12.1 Å². The first-order valence-corrected chi connectivity index (χ1v) is 7.12. The van der Waals surface area contributed by atoms with Crippen LogP contribution in [0.1, 0.15) is 26.2 Å². The number of aliphatic imine (C=N–C) groups is 1. The molecule has 0 bridgehead atoms. The lowest BCUT2D eigenvalue weighted by atomic mass is 10.1. The van der Waals surface area contributed by atoms with Crippen molar-refractivity contribution >= 4 is 5.96 Å². The van der Waals surface area contributed by atoms with Gasteiger partial charge in [-0.3, -0.25) is 0 Å². The zero-order chi connectivity index (χ0) is 14.4. The van der Waals surface area contributed by atoms with Crippen LogP contribution in [-0.2, 0) is 0 Å². The minimum atomic E-state index is -0.266. The molecule has 1 fully saturated rings. The van der Waals surface area contributed by atoms with Crippen molar-refractivity contribution in [1.29, 1.82) is 0 Å². The SMILES string of the molecule is CC(CN=C(N)N1CCCCC1)Oc1ccc(F)cc1. The molecule has 1 atom stereocenters. The van der Waals surface area contributed by atoms with Gasteiger partial charge >= 0.3 is 0 Å². The molecule has 1 aliphatic rings. The maximum absolute atomic E-state index is 12.8. The number of nitrogens with zero attached hydrogens (tertiary/aromatic N) is 2. The molecule has 1 unspecified atom stereocenters. The molecule has 2 rings (SSSR count). The van der Waals surface area contributed by atoms with Crippen LogP contribution in [0.2, 0.25) is 0 Å². The number of hydrogen-bond acceptors (Lipinski definition) is 2. The van der Waals surface area contributed by atoms with E-state index in [0.29, 0.717) is 18.3 Å². The fourth-order valence-corrected chi connectivity index (χ4v) is 2.23. The predicted octanol–water partition coefficient (Wildman–Crippen LogP) is 2.39. The highest BCUT2D eigenvalue weighted by atomic mass is 19.1. The summed E-state index contributed by atoms with van der Waals surface area (Å²) in [5.41, 5.74) is 5.98. The van der Waals surface area contributed by atoms with Crippen molar-refractivity contribution in [3.63, 3.8) is 0 Å². The summed E-state index contributed by atoms with van der Waals surface area (Å²) < 4.78 is 18.4. The van der Waals surface area contributed by atoms with Gasteiger partial charge in [0.15, 0.2) is 5.96 Å². The van der Waals surface area contributed by atoms with E-state index in [0.717, 1.165) is 13.1 Å². The second-order valence-corrected chi connectivity index (χ2v) is 5.13. The molecule has 0 aromatic heterocycles. The van der Waals surface area contributed by atoms with Crippen molar-refractivity contribution in [2.24, 2.45) is 10.7 Å². The third kappa shape index (κ3) is 4.40. The molecule has 110 valence electrons. The van der Waals surface area contributed by atoms with Gasteiger partial charge in [0.2, 0.25) is 0 Å². The van der Waals surface area contributed by atoms with Crippen LogP contribution in [0.25, 0.3) is 0 Å². The molecular weight excluding hydrogens is 257 g/mol. The molecule has 0 spiro atoms. The number of guanidine groups is 1. The van der Waals surface area contributed by atoms with Crippen LogP contribution >= 0.6 is 0 Å². The van der Waals surface area contributed by atoms with Crippen LogP contribution in [-0.4, -0.2) is 36.6 Å². The van der Waals surface area contributed by atoms with Gasteiger partial charge < -0.3 is 15.4 Å². The van der Waals surface area contributed by atoms with Crippen molar-refractivity contribution in [3.05, 3.63) is 30.1 Å². The minimum absolute atomic E-state index is 0.0937. The second-order valence-electron chi connectivity index (χ2n) is 5.13. The Morgan fingerprint density at radius 2 is 1.95 bits per heavy atom. The molecule has 0 radical (unpaired) electrons. The number of piperidine rings is 1. The Morgan fingerprint density at radius 3 is 2.60 bits per heavy atom. The zero-order valence-corrected chi connectivity index (χ0v) is 11.9. The minimum Gasteiger partial charge on any atom is -0.489 e. The molecule has 0 saturated carbocycles. The van der Waals surface area contributed by atoms with E-state index in [9.17, 15) is 4.39 Å². The fraction of sp³-hybridized carbons (Fsp3) is 0.533. The Kier molecular flexibility index (Phi) is 5.21. The maximum Gasteiger partial charge on any atom is 0.191 e. The molecule has 4 nitrogen and oxygen atoms in total. The van der Waals surface area contributed by atoms with Crippen molar-refractivity contribution in [3.8, 4) is 5.75 Å². The summed E-state index contributed by atoms with van der Waals surface area (Å²) in [6.07, 6.45) is 3.53. The van der Waals surface area contributed by atoms with E-state index in [4.69, 9.17) is 10.5 Å². The van der Waals surface area contributed by atoms with Crippen LogP contribution in [0.4, 0.5) is 4.39 Å². The van der Waals surface area contributed by atoms with Gasteiger partial charge in [-0.1, -0.05) is 0 Å². The Labute approximate surface area is 119 Å². The van der Waals surface area contributed by atoms with Crippen LogP contribution in [0.5, 0.6) is 5.75 Å². The molecule has 1 aliphatic heterocycles. The summed E-state index contributed by atoms with van der Waals surface area (Å²) in [5.74, 6) is 0.974. The van der Waals surface area contributed by atoms with Gasteiger partial charge in [-0.2, -0.15) is 0 Å². The van der Waals surface area contributed by atoms with Crippen LogP contribution in [0.3, 0.4) is 0 Å². The number of halogens is 1. The number of ether oxygens (including phenoxy) is 1. The van der Waals surface area contributed by atoms with Crippen molar-refractivity contribution in [1.82, 2.24) is 4.90 Å². The van der Waals surface area contributed by atoms with Crippen LogP contribution < -0.4 is 10.5 Å². The lowest BCUT2D eigenvalue weighted by Gasteiger charge is -2.27. The molecular formula is C15H22FN3O. The van der Waals surface area contributed by atoms with E-state index < -0.39 is 0 Å². The van der Waals surface area contributed by atoms with Crippen LogP contribution in [0.15, 0.2) is 29.3 Å². The number of benzene rings is 1. The average molecular weight is 279 g/mol. The van der Waals surface area contributed by atoms with Gasteiger partial charge in [0, 0.05) is 13.1 Å². The number of rotatable bonds is 4. The van der Waals surface area contributed by atoms with E-state index in [-0.39, 0.29) is 11.9 Å². The summed E-state index contributed by atoms with van der Waals surface area (Å²) in [5, 5.41) is 0. The fourth-order valence-electron chi connectivity index (χ4n) is 2.23. The van der Waals surface area contributed by atoms with E-state index in [1.165, 1.54) is 31.4 Å². The van der Waals surface area contributed by atoms with Gasteiger partial charge in [-0.25, -0.2) is 9.38 Å². The average Bonchev–Trinajstić information content (AvgIpc) is 2.48. The highest BCUT2D eigenvalue weighted by molar-refractivity contribution is 5.78. The molecule has 0 aliphatic carbocycles. The molecule has 20 heavy (non-hydrogen) atoms. The lowest BCUT2D eigenvalue weighted by molar-refractivity contribution is 0.229. The quantitative estimate of drug-likeness (QED) is 0.680. The van der Waals surface area contributed by atoms with Gasteiger partial charge in [0.25, 0.3) is 0 Å². The monoisotopic (exact) mass is 279 g/mol.